The average Bonchev–Trinajstić information content (AvgIpc) is 3.44. The van der Waals surface area contributed by atoms with Crippen molar-refractivity contribution in [3.8, 4) is 11.4 Å². The summed E-state index contributed by atoms with van der Waals surface area (Å²) < 4.78 is 41.9. The molecule has 0 bridgehead atoms. The zero-order valence-corrected chi connectivity index (χ0v) is 16.7. The summed E-state index contributed by atoms with van der Waals surface area (Å²) in [5, 5.41) is 0. The molecule has 3 unspecified atom stereocenters. The van der Waals surface area contributed by atoms with Crippen molar-refractivity contribution in [2.45, 2.75) is 50.0 Å². The lowest BCUT2D eigenvalue weighted by Gasteiger charge is -2.25. The number of nitrogens with zero attached hydrogens (tertiary/aromatic N) is 3. The Kier molecular flexibility index (Phi) is 5.25. The van der Waals surface area contributed by atoms with Crippen molar-refractivity contribution < 1.29 is 13.2 Å². The van der Waals surface area contributed by atoms with Crippen LogP contribution in [0.15, 0.2) is 55.1 Å². The van der Waals surface area contributed by atoms with Crippen LogP contribution >= 0.6 is 0 Å². The third kappa shape index (κ3) is 4.08. The van der Waals surface area contributed by atoms with Gasteiger partial charge in [0.15, 0.2) is 0 Å². The van der Waals surface area contributed by atoms with Crippen LogP contribution in [-0.2, 0) is 13.0 Å². The highest BCUT2D eigenvalue weighted by Gasteiger charge is 2.48. The first kappa shape index (κ1) is 20.2. The van der Waals surface area contributed by atoms with Crippen molar-refractivity contribution in [3.05, 3.63) is 71.8 Å². The molecule has 0 saturated carbocycles. The van der Waals surface area contributed by atoms with Crippen LogP contribution in [0.1, 0.15) is 41.5 Å². The van der Waals surface area contributed by atoms with E-state index in [2.05, 4.69) is 50.6 Å². The lowest BCUT2D eigenvalue weighted by molar-refractivity contribution is -0.156. The normalized spacial score (nSPS) is 23.6. The number of rotatable bonds is 4. The van der Waals surface area contributed by atoms with Gasteiger partial charge in [-0.25, -0.2) is 15.8 Å². The molecule has 1 saturated heterocycles. The number of alkyl halides is 3. The summed E-state index contributed by atoms with van der Waals surface area (Å²) in [5.41, 5.74) is 11.8. The molecular formula is C22H23F3N6. The molecule has 1 aliphatic heterocycles. The van der Waals surface area contributed by atoms with E-state index < -0.39 is 18.3 Å². The maximum Gasteiger partial charge on any atom is 0.407 e. The zero-order chi connectivity index (χ0) is 21.4. The van der Waals surface area contributed by atoms with Crippen LogP contribution in [0.25, 0.3) is 11.4 Å². The van der Waals surface area contributed by atoms with Gasteiger partial charge < -0.3 is 4.57 Å². The fraction of sp³-hybridized carbons (Fsp3) is 0.364. The summed E-state index contributed by atoms with van der Waals surface area (Å²) in [6.45, 7) is 0.817. The maximum absolute atomic E-state index is 13.3. The van der Waals surface area contributed by atoms with Crippen LogP contribution in [0.2, 0.25) is 0 Å². The summed E-state index contributed by atoms with van der Waals surface area (Å²) in [5.74, 6) is 0.429. The van der Waals surface area contributed by atoms with Crippen molar-refractivity contribution in [1.29, 1.82) is 0 Å². The molecule has 9 heteroatoms. The Hall–Kier alpha value is -2.75. The van der Waals surface area contributed by atoms with Gasteiger partial charge in [0.25, 0.3) is 0 Å². The fourth-order valence-electron chi connectivity index (χ4n) is 4.58. The van der Waals surface area contributed by atoms with Gasteiger partial charge in [-0.3, -0.25) is 4.98 Å². The number of hydrogen-bond acceptors (Lipinski definition) is 5. The minimum atomic E-state index is -4.39. The Labute approximate surface area is 177 Å². The van der Waals surface area contributed by atoms with Crippen LogP contribution in [0.4, 0.5) is 13.2 Å². The Balaban J connectivity index is 1.36. The van der Waals surface area contributed by atoms with Gasteiger partial charge in [-0.15, -0.1) is 0 Å². The second-order valence-electron chi connectivity index (χ2n) is 8.13. The lowest BCUT2D eigenvalue weighted by atomic mass is 9.83. The number of hydrazine groups is 2. The van der Waals surface area contributed by atoms with Crippen LogP contribution in [0.5, 0.6) is 0 Å². The molecule has 0 spiro atoms. The van der Waals surface area contributed by atoms with E-state index in [1.54, 1.807) is 18.5 Å². The Morgan fingerprint density at radius 2 is 1.94 bits per heavy atom. The molecule has 3 atom stereocenters. The van der Waals surface area contributed by atoms with E-state index >= 15 is 0 Å². The monoisotopic (exact) mass is 428 g/mol. The van der Waals surface area contributed by atoms with Crippen LogP contribution < -0.4 is 16.4 Å². The van der Waals surface area contributed by atoms with Crippen molar-refractivity contribution in [3.63, 3.8) is 0 Å². The summed E-state index contributed by atoms with van der Waals surface area (Å²) in [6.07, 6.45) is 4.25. The molecule has 1 aliphatic carbocycles. The molecule has 3 N–H and O–H groups in total. The van der Waals surface area contributed by atoms with E-state index in [4.69, 9.17) is 0 Å². The van der Waals surface area contributed by atoms with Gasteiger partial charge >= 0.3 is 6.18 Å². The van der Waals surface area contributed by atoms with E-state index in [1.807, 2.05) is 10.8 Å². The van der Waals surface area contributed by atoms with Gasteiger partial charge in [0.05, 0.1) is 18.1 Å². The minimum Gasteiger partial charge on any atom is -0.336 e. The van der Waals surface area contributed by atoms with Crippen LogP contribution in [-0.4, -0.2) is 26.8 Å². The molecule has 31 heavy (non-hydrogen) atoms. The van der Waals surface area contributed by atoms with Crippen molar-refractivity contribution in [1.82, 2.24) is 30.9 Å². The molecular weight excluding hydrogens is 405 g/mol. The first-order valence-electron chi connectivity index (χ1n) is 10.4. The van der Waals surface area contributed by atoms with E-state index in [0.717, 1.165) is 19.4 Å². The standard InChI is InChI=1S/C22H23F3N6/c23-22(24,25)21-20(28-30-29-21)15-8-9-26-18(10-15)19-12-31(13-27-19)11-16-6-3-5-14-4-1-2-7-17(14)16/h1-2,4,7-10,12-13,16,20-21,28-30H,3,5-6,11H2. The summed E-state index contributed by atoms with van der Waals surface area (Å²) in [4.78, 5) is 8.81. The number of nitrogens with one attached hydrogen (secondary N) is 3. The smallest absolute Gasteiger partial charge is 0.336 e. The third-order valence-corrected chi connectivity index (χ3v) is 6.10. The SMILES string of the molecule is FC(F)(F)C1NNNC1c1ccnc(-c2cn(CC3CCCc4ccccc43)cn2)c1. The number of fused-ring (bicyclic) bond motifs is 1. The zero-order valence-electron chi connectivity index (χ0n) is 16.7. The van der Waals surface area contributed by atoms with Crippen LogP contribution in [0, 0.1) is 0 Å². The highest BCUT2D eigenvalue weighted by atomic mass is 19.4. The van der Waals surface area contributed by atoms with E-state index in [9.17, 15) is 13.2 Å². The molecule has 2 aliphatic rings. The van der Waals surface area contributed by atoms with Gasteiger partial charge in [0, 0.05) is 24.9 Å². The largest absolute Gasteiger partial charge is 0.407 e. The van der Waals surface area contributed by atoms with E-state index in [-0.39, 0.29) is 0 Å². The first-order chi connectivity index (χ1) is 15.0. The molecule has 3 aromatic rings. The maximum atomic E-state index is 13.3. The minimum absolute atomic E-state index is 0.429. The van der Waals surface area contributed by atoms with E-state index in [1.165, 1.54) is 23.7 Å². The first-order valence-corrected chi connectivity index (χ1v) is 10.4. The summed E-state index contributed by atoms with van der Waals surface area (Å²) in [7, 11) is 0. The summed E-state index contributed by atoms with van der Waals surface area (Å²) >= 11 is 0. The predicted octanol–water partition coefficient (Wildman–Crippen LogP) is 3.65. The van der Waals surface area contributed by atoms with Crippen molar-refractivity contribution >= 4 is 0 Å². The predicted molar refractivity (Wildman–Crippen MR) is 110 cm³/mol. The Morgan fingerprint density at radius 3 is 2.81 bits per heavy atom. The number of halogens is 3. The number of aryl methyl sites for hydroxylation is 1. The van der Waals surface area contributed by atoms with Gasteiger partial charge in [0.1, 0.15) is 11.7 Å². The van der Waals surface area contributed by atoms with E-state index in [0.29, 0.717) is 22.9 Å². The summed E-state index contributed by atoms with van der Waals surface area (Å²) in [6, 6.07) is 9.14. The molecule has 0 amide bonds. The number of benzene rings is 1. The highest BCUT2D eigenvalue weighted by Crippen LogP contribution is 2.34. The quantitative estimate of drug-likeness (QED) is 0.592. The molecule has 2 aromatic heterocycles. The molecule has 162 valence electrons. The lowest BCUT2D eigenvalue weighted by Crippen LogP contribution is -2.43. The number of aromatic nitrogens is 3. The second kappa shape index (κ2) is 8.07. The average molecular weight is 428 g/mol. The van der Waals surface area contributed by atoms with Crippen molar-refractivity contribution in [2.24, 2.45) is 0 Å². The molecule has 0 radical (unpaired) electrons. The topological polar surface area (TPSA) is 66.8 Å². The number of hydrogen-bond donors (Lipinski definition) is 3. The molecule has 6 nitrogen and oxygen atoms in total. The van der Waals surface area contributed by atoms with Gasteiger partial charge in [-0.1, -0.05) is 24.3 Å². The Bertz CT molecular complexity index is 1060. The number of pyridine rings is 1. The van der Waals surface area contributed by atoms with Crippen LogP contribution in [0.3, 0.4) is 0 Å². The van der Waals surface area contributed by atoms with Gasteiger partial charge in [-0.2, -0.15) is 18.7 Å². The van der Waals surface area contributed by atoms with Gasteiger partial charge in [0.2, 0.25) is 0 Å². The second-order valence-corrected chi connectivity index (χ2v) is 8.13. The van der Waals surface area contributed by atoms with Crippen molar-refractivity contribution in [2.75, 3.05) is 0 Å². The molecule has 1 fully saturated rings. The highest BCUT2D eigenvalue weighted by molar-refractivity contribution is 5.54. The fourth-order valence-corrected chi connectivity index (χ4v) is 4.58. The molecule has 3 heterocycles. The third-order valence-electron chi connectivity index (χ3n) is 6.10. The molecule has 5 rings (SSSR count). The Morgan fingerprint density at radius 1 is 1.06 bits per heavy atom. The van der Waals surface area contributed by atoms with Gasteiger partial charge in [-0.05, 0) is 48.1 Å². The number of imidazole rings is 1. The molecule has 1 aromatic carbocycles.